The first-order valence-corrected chi connectivity index (χ1v) is 9.55. The number of ether oxygens (including phenoxy) is 3. The molecule has 7 nitrogen and oxygen atoms in total. The number of aromatic nitrogens is 1. The van der Waals surface area contributed by atoms with E-state index in [1.165, 1.54) is 6.08 Å². The van der Waals surface area contributed by atoms with Crippen LogP contribution >= 0.6 is 11.6 Å². The smallest absolute Gasteiger partial charge is 0.307 e. The molecule has 0 saturated heterocycles. The highest BCUT2D eigenvalue weighted by Gasteiger charge is 2.18. The fourth-order valence-electron chi connectivity index (χ4n) is 2.80. The molecule has 0 aliphatic carbocycles. The molecule has 2 aromatic rings. The van der Waals surface area contributed by atoms with Crippen molar-refractivity contribution in [3.8, 4) is 11.5 Å². The highest BCUT2D eigenvalue weighted by atomic mass is 35.5. The topological polar surface area (TPSA) is 78.0 Å². The lowest BCUT2D eigenvalue weighted by Crippen LogP contribution is -2.31. The van der Waals surface area contributed by atoms with Gasteiger partial charge in [-0.1, -0.05) is 17.7 Å². The molecule has 29 heavy (non-hydrogen) atoms. The van der Waals surface area contributed by atoms with E-state index in [-0.39, 0.29) is 31.6 Å². The van der Waals surface area contributed by atoms with Gasteiger partial charge in [-0.3, -0.25) is 14.6 Å². The number of carbonyl (C=O) groups is 2. The van der Waals surface area contributed by atoms with Gasteiger partial charge in [0.05, 0.1) is 18.1 Å². The lowest BCUT2D eigenvalue weighted by molar-refractivity contribution is -0.143. The number of nitrogens with zero attached hydrogens (tertiary/aromatic N) is 2. The maximum atomic E-state index is 12.8. The molecule has 1 aliphatic rings. The maximum absolute atomic E-state index is 12.8. The predicted molar refractivity (Wildman–Crippen MR) is 108 cm³/mol. The van der Waals surface area contributed by atoms with Crippen molar-refractivity contribution in [1.82, 2.24) is 9.88 Å². The number of halogens is 1. The van der Waals surface area contributed by atoms with Gasteiger partial charge in [0, 0.05) is 31.6 Å². The molecule has 8 heteroatoms. The number of amides is 1. The molecule has 152 valence electrons. The van der Waals surface area contributed by atoms with E-state index in [9.17, 15) is 9.59 Å². The van der Waals surface area contributed by atoms with Crippen LogP contribution in [0.5, 0.6) is 11.5 Å². The maximum Gasteiger partial charge on any atom is 0.307 e. The average Bonchev–Trinajstić information content (AvgIpc) is 3.19. The van der Waals surface area contributed by atoms with Crippen LogP contribution in [0, 0.1) is 0 Å². The van der Waals surface area contributed by atoms with Crippen molar-refractivity contribution in [2.75, 3.05) is 19.9 Å². The van der Waals surface area contributed by atoms with Crippen LogP contribution in [0.2, 0.25) is 5.02 Å². The number of benzene rings is 1. The van der Waals surface area contributed by atoms with Crippen LogP contribution in [0.15, 0.2) is 42.7 Å². The van der Waals surface area contributed by atoms with Crippen molar-refractivity contribution >= 4 is 29.6 Å². The van der Waals surface area contributed by atoms with E-state index in [4.69, 9.17) is 25.8 Å². The van der Waals surface area contributed by atoms with Crippen LogP contribution in [-0.2, 0) is 20.9 Å². The Kier molecular flexibility index (Phi) is 7.08. The molecule has 1 aromatic carbocycles. The van der Waals surface area contributed by atoms with E-state index in [0.29, 0.717) is 35.2 Å². The molecule has 1 amide bonds. The van der Waals surface area contributed by atoms with Crippen molar-refractivity contribution in [2.24, 2.45) is 0 Å². The van der Waals surface area contributed by atoms with E-state index < -0.39 is 0 Å². The normalized spacial score (nSPS) is 12.2. The zero-order chi connectivity index (χ0) is 20.6. The third-order valence-electron chi connectivity index (χ3n) is 4.17. The Labute approximate surface area is 173 Å². The van der Waals surface area contributed by atoms with Crippen LogP contribution in [0.3, 0.4) is 0 Å². The first-order valence-electron chi connectivity index (χ1n) is 9.17. The molecular formula is C21H21ClN2O5. The fourth-order valence-corrected chi connectivity index (χ4v) is 3.07. The quantitative estimate of drug-likeness (QED) is 0.484. The summed E-state index contributed by atoms with van der Waals surface area (Å²) in [5.74, 6) is 0.455. The summed E-state index contributed by atoms with van der Waals surface area (Å²) in [6.45, 7) is 2.74. The Morgan fingerprint density at radius 2 is 2.21 bits per heavy atom. The molecule has 2 heterocycles. The lowest BCUT2D eigenvalue weighted by Gasteiger charge is -2.21. The molecule has 0 N–H and O–H groups in total. The zero-order valence-corrected chi connectivity index (χ0v) is 16.7. The third-order valence-corrected chi connectivity index (χ3v) is 4.45. The number of rotatable bonds is 8. The first kappa shape index (κ1) is 20.7. The molecule has 0 unspecified atom stereocenters. The van der Waals surface area contributed by atoms with Crippen LogP contribution in [0.4, 0.5) is 0 Å². The van der Waals surface area contributed by atoms with Gasteiger partial charge in [0.15, 0.2) is 11.5 Å². The summed E-state index contributed by atoms with van der Waals surface area (Å²) in [6, 6.07) is 7.12. The molecule has 0 atom stereocenters. The van der Waals surface area contributed by atoms with Gasteiger partial charge >= 0.3 is 5.97 Å². The molecule has 0 radical (unpaired) electrons. The molecule has 0 saturated carbocycles. The molecule has 0 fully saturated rings. The number of carbonyl (C=O) groups excluding carboxylic acids is 2. The van der Waals surface area contributed by atoms with Crippen LogP contribution in [0.25, 0.3) is 6.08 Å². The summed E-state index contributed by atoms with van der Waals surface area (Å²) < 4.78 is 15.6. The van der Waals surface area contributed by atoms with Crippen molar-refractivity contribution < 1.29 is 23.8 Å². The van der Waals surface area contributed by atoms with Gasteiger partial charge in [0.1, 0.15) is 0 Å². The van der Waals surface area contributed by atoms with Gasteiger partial charge in [-0.05, 0) is 42.3 Å². The van der Waals surface area contributed by atoms with Gasteiger partial charge in [0.25, 0.3) is 0 Å². The van der Waals surface area contributed by atoms with Crippen molar-refractivity contribution in [3.63, 3.8) is 0 Å². The molecular weight excluding hydrogens is 396 g/mol. The zero-order valence-electron chi connectivity index (χ0n) is 16.0. The standard InChI is InChI=1S/C21H21ClN2O5/c1-2-27-20(26)7-9-24(13-16-4-3-8-23-12-16)19(25)6-5-15-10-17(22)21-18(11-15)28-14-29-21/h3-6,8,10-12H,2,7,9,13-14H2,1H3/b6-5+. The van der Waals surface area contributed by atoms with E-state index in [1.807, 2.05) is 6.07 Å². The number of esters is 1. The van der Waals surface area contributed by atoms with E-state index in [2.05, 4.69) is 4.98 Å². The second-order valence-electron chi connectivity index (χ2n) is 6.25. The van der Waals surface area contributed by atoms with E-state index in [0.717, 1.165) is 5.56 Å². The molecule has 3 rings (SSSR count). The van der Waals surface area contributed by atoms with Gasteiger partial charge < -0.3 is 19.1 Å². The highest BCUT2D eigenvalue weighted by molar-refractivity contribution is 6.32. The average molecular weight is 417 g/mol. The Hall–Kier alpha value is -3.06. The van der Waals surface area contributed by atoms with Gasteiger partial charge in [-0.25, -0.2) is 0 Å². The minimum Gasteiger partial charge on any atom is -0.466 e. The first-order chi connectivity index (χ1) is 14.1. The molecule has 1 aromatic heterocycles. The Morgan fingerprint density at radius 3 is 2.97 bits per heavy atom. The van der Waals surface area contributed by atoms with Gasteiger partial charge in [-0.2, -0.15) is 0 Å². The van der Waals surface area contributed by atoms with Crippen LogP contribution < -0.4 is 9.47 Å². The van der Waals surface area contributed by atoms with E-state index in [1.54, 1.807) is 48.5 Å². The fraction of sp³-hybridized carbons (Fsp3) is 0.286. The number of hydrogen-bond donors (Lipinski definition) is 0. The highest BCUT2D eigenvalue weighted by Crippen LogP contribution is 2.40. The SMILES string of the molecule is CCOC(=O)CCN(Cc1cccnc1)C(=O)/C=C/c1cc(Cl)c2c(c1)OCO2. The second kappa shape index (κ2) is 9.93. The van der Waals surface area contributed by atoms with Crippen LogP contribution in [-0.4, -0.2) is 41.7 Å². The monoisotopic (exact) mass is 416 g/mol. The van der Waals surface area contributed by atoms with Gasteiger partial charge in [0.2, 0.25) is 12.7 Å². The predicted octanol–water partition coefficient (Wildman–Crippen LogP) is 3.46. The molecule has 0 bridgehead atoms. The lowest BCUT2D eigenvalue weighted by atomic mass is 10.1. The summed E-state index contributed by atoms with van der Waals surface area (Å²) in [7, 11) is 0. The van der Waals surface area contributed by atoms with Gasteiger partial charge in [-0.15, -0.1) is 0 Å². The largest absolute Gasteiger partial charge is 0.466 e. The van der Waals surface area contributed by atoms with Crippen LogP contribution in [0.1, 0.15) is 24.5 Å². The number of hydrogen-bond acceptors (Lipinski definition) is 6. The molecule has 1 aliphatic heterocycles. The van der Waals surface area contributed by atoms with Crippen molar-refractivity contribution in [1.29, 1.82) is 0 Å². The molecule has 0 spiro atoms. The number of fused-ring (bicyclic) bond motifs is 1. The van der Waals surface area contributed by atoms with E-state index >= 15 is 0 Å². The third kappa shape index (κ3) is 5.71. The Morgan fingerprint density at radius 1 is 1.34 bits per heavy atom. The Bertz CT molecular complexity index is 901. The second-order valence-corrected chi connectivity index (χ2v) is 6.65. The minimum absolute atomic E-state index is 0.115. The Balaban J connectivity index is 1.72. The van der Waals surface area contributed by atoms with Crippen molar-refractivity contribution in [3.05, 3.63) is 58.9 Å². The van der Waals surface area contributed by atoms with Crippen molar-refractivity contribution in [2.45, 2.75) is 19.9 Å². The summed E-state index contributed by atoms with van der Waals surface area (Å²) in [4.78, 5) is 30.1. The summed E-state index contributed by atoms with van der Waals surface area (Å²) in [6.07, 6.45) is 6.55. The minimum atomic E-state index is -0.344. The number of pyridine rings is 1. The summed E-state index contributed by atoms with van der Waals surface area (Å²) >= 11 is 6.18. The summed E-state index contributed by atoms with van der Waals surface area (Å²) in [5.41, 5.74) is 1.57. The summed E-state index contributed by atoms with van der Waals surface area (Å²) in [5, 5.41) is 0.418.